The van der Waals surface area contributed by atoms with Gasteiger partial charge in [0.05, 0.1) is 16.9 Å². The molecule has 0 amide bonds. The quantitative estimate of drug-likeness (QED) is 0.495. The van der Waals surface area contributed by atoms with E-state index >= 15 is 0 Å². The molecule has 5 heteroatoms. The van der Waals surface area contributed by atoms with Crippen LogP contribution in [0.2, 0.25) is 0 Å². The molecule has 2 aromatic rings. The van der Waals surface area contributed by atoms with Gasteiger partial charge in [0.25, 0.3) is 0 Å². The Labute approximate surface area is 155 Å². The van der Waals surface area contributed by atoms with Crippen LogP contribution >= 0.6 is 0 Å². The average Bonchev–Trinajstić information content (AvgIpc) is 2.69. The molecule has 1 saturated heterocycles. The second-order valence-electron chi connectivity index (χ2n) is 7.08. The summed E-state index contributed by atoms with van der Waals surface area (Å²) >= 11 is 0. The topological polar surface area (TPSA) is 60.5 Å². The standard InChI is InChI=1S/C21H27N5/c1-2-7-17(8-3-1)9-6-14-23-26-20-21(12-15-22-16-13-21)25-19-11-5-4-10-18(19)24-20/h1-5,7-8,10-11,22-23,25H,6,9,12-16H2,(H,24,26). The van der Waals surface area contributed by atoms with Crippen molar-refractivity contribution in [3.63, 3.8) is 0 Å². The van der Waals surface area contributed by atoms with Gasteiger partial charge in [-0.15, -0.1) is 0 Å². The highest BCUT2D eigenvalue weighted by Gasteiger charge is 2.40. The molecule has 2 heterocycles. The molecule has 4 rings (SSSR count). The molecule has 1 spiro atoms. The van der Waals surface area contributed by atoms with Gasteiger partial charge in [0.1, 0.15) is 5.84 Å². The zero-order chi connectivity index (χ0) is 17.7. The Bertz CT molecular complexity index is 750. The molecule has 2 aliphatic heterocycles. The molecule has 2 aliphatic rings. The second kappa shape index (κ2) is 7.89. The number of aliphatic imine (C=N–C) groups is 1. The van der Waals surface area contributed by atoms with E-state index in [-0.39, 0.29) is 5.54 Å². The van der Waals surface area contributed by atoms with Gasteiger partial charge in [-0.05, 0) is 56.5 Å². The third-order valence-electron chi connectivity index (χ3n) is 5.24. The molecule has 136 valence electrons. The second-order valence-corrected chi connectivity index (χ2v) is 7.08. The van der Waals surface area contributed by atoms with Crippen LogP contribution in [0.5, 0.6) is 0 Å². The maximum atomic E-state index is 4.93. The molecule has 0 aromatic heterocycles. The van der Waals surface area contributed by atoms with Crippen LogP contribution in [0, 0.1) is 0 Å². The molecule has 0 atom stereocenters. The summed E-state index contributed by atoms with van der Waals surface area (Å²) in [6.45, 7) is 2.91. The first kappa shape index (κ1) is 17.1. The highest BCUT2D eigenvalue weighted by molar-refractivity contribution is 6.00. The number of hydrogen-bond acceptors (Lipinski definition) is 5. The number of nitrogens with zero attached hydrogens (tertiary/aromatic N) is 1. The van der Waals surface area contributed by atoms with Crippen molar-refractivity contribution in [1.29, 1.82) is 0 Å². The fourth-order valence-electron chi connectivity index (χ4n) is 3.76. The largest absolute Gasteiger partial charge is 0.371 e. The summed E-state index contributed by atoms with van der Waals surface area (Å²) in [4.78, 5) is 4.93. The number of anilines is 1. The summed E-state index contributed by atoms with van der Waals surface area (Å²) in [6, 6.07) is 18.9. The predicted octanol–water partition coefficient (Wildman–Crippen LogP) is 2.99. The number of hydrazine groups is 1. The Kier molecular flexibility index (Phi) is 5.18. The number of fused-ring (bicyclic) bond motifs is 1. The fraction of sp³-hybridized carbons (Fsp3) is 0.381. The van der Waals surface area contributed by atoms with Crippen molar-refractivity contribution in [3.05, 3.63) is 60.2 Å². The smallest absolute Gasteiger partial charge is 0.142 e. The molecule has 0 radical (unpaired) electrons. The number of benzene rings is 2. The van der Waals surface area contributed by atoms with Gasteiger partial charge in [-0.25, -0.2) is 10.4 Å². The van der Waals surface area contributed by atoms with Gasteiger partial charge in [-0.2, -0.15) is 0 Å². The zero-order valence-corrected chi connectivity index (χ0v) is 15.1. The van der Waals surface area contributed by atoms with Crippen molar-refractivity contribution in [2.45, 2.75) is 31.2 Å². The van der Waals surface area contributed by atoms with Crippen LogP contribution in [-0.2, 0) is 6.42 Å². The Morgan fingerprint density at radius 2 is 1.73 bits per heavy atom. The summed E-state index contributed by atoms with van der Waals surface area (Å²) in [5.74, 6) is 1.01. The van der Waals surface area contributed by atoms with E-state index in [1.807, 2.05) is 6.07 Å². The molecule has 1 fully saturated rings. The normalized spacial score (nSPS) is 17.9. The molecule has 2 aromatic carbocycles. The Morgan fingerprint density at radius 3 is 2.58 bits per heavy atom. The van der Waals surface area contributed by atoms with Gasteiger partial charge in [-0.3, -0.25) is 0 Å². The molecule has 4 N–H and O–H groups in total. The first-order valence-corrected chi connectivity index (χ1v) is 9.56. The van der Waals surface area contributed by atoms with Crippen LogP contribution < -0.4 is 21.5 Å². The summed E-state index contributed by atoms with van der Waals surface area (Å²) < 4.78 is 0. The fourth-order valence-corrected chi connectivity index (χ4v) is 3.76. The van der Waals surface area contributed by atoms with E-state index in [2.05, 4.69) is 70.0 Å². The summed E-state index contributed by atoms with van der Waals surface area (Å²) in [7, 11) is 0. The van der Waals surface area contributed by atoms with E-state index in [1.165, 1.54) is 5.56 Å². The number of nitrogens with one attached hydrogen (secondary N) is 4. The third-order valence-corrected chi connectivity index (χ3v) is 5.24. The number of piperidine rings is 1. The molecule has 0 bridgehead atoms. The lowest BCUT2D eigenvalue weighted by Crippen LogP contribution is -2.61. The molecule has 5 nitrogen and oxygen atoms in total. The molecular formula is C21H27N5. The zero-order valence-electron chi connectivity index (χ0n) is 15.1. The highest BCUT2D eigenvalue weighted by Crippen LogP contribution is 2.36. The van der Waals surface area contributed by atoms with Crippen LogP contribution in [0.4, 0.5) is 11.4 Å². The average molecular weight is 349 g/mol. The number of aryl methyl sites for hydroxylation is 1. The minimum atomic E-state index is -0.105. The van der Waals surface area contributed by atoms with Crippen LogP contribution in [-0.4, -0.2) is 31.0 Å². The van der Waals surface area contributed by atoms with Gasteiger partial charge < -0.3 is 16.1 Å². The summed E-state index contributed by atoms with van der Waals surface area (Å²) in [5.41, 5.74) is 10.2. The van der Waals surface area contributed by atoms with E-state index in [0.717, 1.165) is 62.5 Å². The SMILES string of the molecule is c1ccc(CCCNNC2=Nc3ccccc3NC23CCNCC3)cc1. The summed E-state index contributed by atoms with van der Waals surface area (Å²) in [6.07, 6.45) is 4.22. The molecule has 0 aliphatic carbocycles. The molecular weight excluding hydrogens is 322 g/mol. The lowest BCUT2D eigenvalue weighted by atomic mass is 9.85. The van der Waals surface area contributed by atoms with Crippen molar-refractivity contribution in [2.75, 3.05) is 25.0 Å². The molecule has 26 heavy (non-hydrogen) atoms. The number of amidine groups is 1. The minimum Gasteiger partial charge on any atom is -0.371 e. The first-order chi connectivity index (χ1) is 12.9. The third kappa shape index (κ3) is 3.74. The first-order valence-electron chi connectivity index (χ1n) is 9.56. The van der Waals surface area contributed by atoms with Crippen molar-refractivity contribution < 1.29 is 0 Å². The van der Waals surface area contributed by atoms with E-state index in [0.29, 0.717) is 0 Å². The predicted molar refractivity (Wildman–Crippen MR) is 108 cm³/mol. The van der Waals surface area contributed by atoms with Crippen molar-refractivity contribution in [3.8, 4) is 0 Å². The Balaban J connectivity index is 1.39. The number of hydrogen-bond donors (Lipinski definition) is 4. The van der Waals surface area contributed by atoms with Crippen LogP contribution in [0.1, 0.15) is 24.8 Å². The van der Waals surface area contributed by atoms with Gasteiger partial charge in [0.2, 0.25) is 0 Å². The van der Waals surface area contributed by atoms with E-state index in [4.69, 9.17) is 4.99 Å². The minimum absolute atomic E-state index is 0.105. The highest BCUT2D eigenvalue weighted by atomic mass is 15.4. The Hall–Kier alpha value is -2.37. The lowest BCUT2D eigenvalue weighted by molar-refractivity contribution is 0.407. The van der Waals surface area contributed by atoms with Gasteiger partial charge in [0.15, 0.2) is 0 Å². The van der Waals surface area contributed by atoms with Crippen molar-refractivity contribution in [1.82, 2.24) is 16.2 Å². The van der Waals surface area contributed by atoms with Crippen LogP contribution in [0.3, 0.4) is 0 Å². The van der Waals surface area contributed by atoms with E-state index in [1.54, 1.807) is 0 Å². The molecule has 0 unspecified atom stereocenters. The molecule has 0 saturated carbocycles. The van der Waals surface area contributed by atoms with Gasteiger partial charge >= 0.3 is 0 Å². The van der Waals surface area contributed by atoms with Crippen molar-refractivity contribution in [2.24, 2.45) is 4.99 Å². The van der Waals surface area contributed by atoms with Gasteiger partial charge in [0, 0.05) is 6.54 Å². The summed E-state index contributed by atoms with van der Waals surface area (Å²) in [5, 5.41) is 7.21. The van der Waals surface area contributed by atoms with E-state index in [9.17, 15) is 0 Å². The monoisotopic (exact) mass is 349 g/mol. The van der Waals surface area contributed by atoms with E-state index < -0.39 is 0 Å². The maximum absolute atomic E-state index is 4.93. The number of rotatable bonds is 5. The van der Waals surface area contributed by atoms with Crippen LogP contribution in [0.15, 0.2) is 59.6 Å². The Morgan fingerprint density at radius 1 is 0.962 bits per heavy atom. The van der Waals surface area contributed by atoms with Gasteiger partial charge in [-0.1, -0.05) is 42.5 Å². The number of para-hydroxylation sites is 2. The lowest BCUT2D eigenvalue weighted by Gasteiger charge is -2.42. The van der Waals surface area contributed by atoms with Crippen molar-refractivity contribution >= 4 is 17.2 Å². The van der Waals surface area contributed by atoms with Crippen LogP contribution in [0.25, 0.3) is 0 Å². The maximum Gasteiger partial charge on any atom is 0.142 e.